The van der Waals surface area contributed by atoms with Crippen molar-refractivity contribution in [2.75, 3.05) is 4.90 Å². The van der Waals surface area contributed by atoms with Crippen LogP contribution in [0, 0.1) is 0 Å². The molecule has 12 aromatic rings. The van der Waals surface area contributed by atoms with Gasteiger partial charge in [-0.1, -0.05) is 214 Å². The average Bonchev–Trinajstić information content (AvgIpc) is 4.14. The smallest absolute Gasteiger partial charge is 0.136 e. The SMILES string of the molecule is CC1(C)c2ccccc2-c2ccc(N(c3cccc(-c4ccccc4)c3)c3cccc(-c4cccc5c4C4(c6ccccc6-5)c5ccccc5-c5c(-c6cccc7oc8ccccc8c67)cccc54)c3)cc21. The van der Waals surface area contributed by atoms with Crippen molar-refractivity contribution in [2.24, 2.45) is 0 Å². The average molecular weight is 918 g/mol. The lowest BCUT2D eigenvalue weighted by Crippen LogP contribution is -2.26. The van der Waals surface area contributed by atoms with E-state index in [-0.39, 0.29) is 5.41 Å². The van der Waals surface area contributed by atoms with Gasteiger partial charge in [-0.15, -0.1) is 0 Å². The van der Waals surface area contributed by atoms with E-state index in [0.717, 1.165) is 39.0 Å². The topological polar surface area (TPSA) is 16.4 Å². The minimum absolute atomic E-state index is 0.151. The first-order valence-corrected chi connectivity index (χ1v) is 25.2. The number of anilines is 3. The van der Waals surface area contributed by atoms with Gasteiger partial charge in [0.2, 0.25) is 0 Å². The Kier molecular flexibility index (Phi) is 8.66. The molecule has 0 N–H and O–H groups in total. The van der Waals surface area contributed by atoms with E-state index in [1.165, 1.54) is 100 Å². The van der Waals surface area contributed by atoms with Crippen molar-refractivity contribution < 1.29 is 4.42 Å². The second-order valence-electron chi connectivity index (χ2n) is 20.3. The normalized spacial score (nSPS) is 15.2. The molecule has 0 radical (unpaired) electrons. The first-order chi connectivity index (χ1) is 35.5. The molecular weight excluding hydrogens is 871 g/mol. The van der Waals surface area contributed by atoms with Crippen molar-refractivity contribution >= 4 is 39.0 Å². The molecule has 0 saturated carbocycles. The molecule has 1 heterocycles. The van der Waals surface area contributed by atoms with Crippen LogP contribution in [0.25, 0.3) is 88.7 Å². The van der Waals surface area contributed by atoms with E-state index in [2.05, 4.69) is 267 Å². The van der Waals surface area contributed by atoms with Crippen LogP contribution < -0.4 is 4.90 Å². The Balaban J connectivity index is 0.958. The standard InChI is InChI=1S/C70H47NO/c1-69(2)59-33-10-6-25-51(59)53-40-39-49(43-63(53)69)71(47-23-14-21-45(41-47)44-19-4-3-5-20-44)48-24-15-22-46(42-48)50-29-16-32-56-52-26-7-11-34-60(52)70(68(50)56)61-35-12-8-27-57(61)66-54(30-17-36-62(66)70)55-31-18-38-65-67(55)58-28-9-13-37-64(58)72-65/h3-43H,1-2H3. The summed E-state index contributed by atoms with van der Waals surface area (Å²) >= 11 is 0. The monoisotopic (exact) mass is 917 g/mol. The molecule has 0 amide bonds. The summed E-state index contributed by atoms with van der Waals surface area (Å²) in [5.74, 6) is 0. The number of fused-ring (bicyclic) bond motifs is 16. The predicted molar refractivity (Wildman–Crippen MR) is 299 cm³/mol. The van der Waals surface area contributed by atoms with Crippen LogP contribution in [0.4, 0.5) is 17.1 Å². The fourth-order valence-electron chi connectivity index (χ4n) is 13.3. The van der Waals surface area contributed by atoms with Crippen molar-refractivity contribution in [3.63, 3.8) is 0 Å². The van der Waals surface area contributed by atoms with Gasteiger partial charge < -0.3 is 9.32 Å². The molecule has 2 nitrogen and oxygen atoms in total. The van der Waals surface area contributed by atoms with E-state index < -0.39 is 5.41 Å². The maximum absolute atomic E-state index is 6.50. The van der Waals surface area contributed by atoms with Gasteiger partial charge in [-0.2, -0.15) is 0 Å². The molecule has 338 valence electrons. The quantitative estimate of drug-likeness (QED) is 0.165. The highest BCUT2D eigenvalue weighted by atomic mass is 16.3. The summed E-state index contributed by atoms with van der Waals surface area (Å²) in [5, 5.41) is 2.29. The minimum atomic E-state index is -0.586. The van der Waals surface area contributed by atoms with Crippen molar-refractivity contribution in [2.45, 2.75) is 24.7 Å². The number of nitrogens with zero attached hydrogens (tertiary/aromatic N) is 1. The zero-order valence-corrected chi connectivity index (χ0v) is 40.0. The van der Waals surface area contributed by atoms with E-state index in [1.807, 2.05) is 0 Å². The summed E-state index contributed by atoms with van der Waals surface area (Å²) in [6.07, 6.45) is 0. The van der Waals surface area contributed by atoms with Crippen molar-refractivity contribution in [3.8, 4) is 66.8 Å². The molecule has 0 saturated heterocycles. The van der Waals surface area contributed by atoms with E-state index in [4.69, 9.17) is 4.42 Å². The first-order valence-electron chi connectivity index (χ1n) is 25.2. The Bertz CT molecular complexity index is 4210. The number of hydrogen-bond donors (Lipinski definition) is 0. The summed E-state index contributed by atoms with van der Waals surface area (Å²) in [6, 6.07) is 92.4. The lowest BCUT2D eigenvalue weighted by Gasteiger charge is -2.33. The van der Waals surface area contributed by atoms with Crippen LogP contribution in [0.15, 0.2) is 253 Å². The molecule has 0 aliphatic heterocycles. The molecule has 15 rings (SSSR count). The maximum atomic E-state index is 6.50. The molecule has 3 aliphatic carbocycles. The second-order valence-corrected chi connectivity index (χ2v) is 20.3. The van der Waals surface area contributed by atoms with E-state index in [1.54, 1.807) is 0 Å². The number of para-hydroxylation sites is 1. The van der Waals surface area contributed by atoms with Gasteiger partial charge in [0.1, 0.15) is 11.2 Å². The van der Waals surface area contributed by atoms with Crippen LogP contribution >= 0.6 is 0 Å². The lowest BCUT2D eigenvalue weighted by molar-refractivity contribution is 0.660. The fourth-order valence-corrected chi connectivity index (χ4v) is 13.3. The number of furan rings is 1. The Morgan fingerprint density at radius 3 is 1.65 bits per heavy atom. The summed E-state index contributed by atoms with van der Waals surface area (Å²) < 4.78 is 6.50. The highest BCUT2D eigenvalue weighted by Gasteiger charge is 2.53. The van der Waals surface area contributed by atoms with E-state index >= 15 is 0 Å². The summed E-state index contributed by atoms with van der Waals surface area (Å²) in [7, 11) is 0. The molecule has 1 atom stereocenters. The Hall–Kier alpha value is -8.98. The van der Waals surface area contributed by atoms with Gasteiger partial charge in [-0.05, 0) is 149 Å². The third-order valence-corrected chi connectivity index (χ3v) is 16.3. The van der Waals surface area contributed by atoms with Gasteiger partial charge in [0, 0.05) is 33.2 Å². The largest absolute Gasteiger partial charge is 0.456 e. The van der Waals surface area contributed by atoms with Crippen molar-refractivity contribution in [1.29, 1.82) is 0 Å². The molecule has 2 heteroatoms. The van der Waals surface area contributed by atoms with Crippen LogP contribution in [-0.2, 0) is 10.8 Å². The molecule has 0 fully saturated rings. The summed E-state index contributed by atoms with van der Waals surface area (Å²) in [5.41, 5.74) is 27.3. The summed E-state index contributed by atoms with van der Waals surface area (Å²) in [6.45, 7) is 4.74. The lowest BCUT2D eigenvalue weighted by atomic mass is 9.68. The zero-order chi connectivity index (χ0) is 47.7. The summed E-state index contributed by atoms with van der Waals surface area (Å²) in [4.78, 5) is 2.47. The minimum Gasteiger partial charge on any atom is -0.456 e. The fraction of sp³-hybridized carbons (Fsp3) is 0.0571. The van der Waals surface area contributed by atoms with Crippen LogP contribution in [0.3, 0.4) is 0 Å². The zero-order valence-electron chi connectivity index (χ0n) is 40.0. The highest BCUT2D eigenvalue weighted by Crippen LogP contribution is 2.66. The van der Waals surface area contributed by atoms with Gasteiger partial charge in [-0.25, -0.2) is 0 Å². The molecule has 0 bridgehead atoms. The molecule has 72 heavy (non-hydrogen) atoms. The number of rotatable bonds is 6. The van der Waals surface area contributed by atoms with Gasteiger partial charge >= 0.3 is 0 Å². The van der Waals surface area contributed by atoms with Crippen molar-refractivity contribution in [3.05, 3.63) is 282 Å². The van der Waals surface area contributed by atoms with Gasteiger partial charge in [0.15, 0.2) is 0 Å². The number of hydrogen-bond acceptors (Lipinski definition) is 2. The van der Waals surface area contributed by atoms with E-state index in [0.29, 0.717) is 0 Å². The highest BCUT2D eigenvalue weighted by molar-refractivity contribution is 6.15. The van der Waals surface area contributed by atoms with Crippen LogP contribution in [-0.4, -0.2) is 0 Å². The third kappa shape index (κ3) is 5.61. The Morgan fingerprint density at radius 2 is 0.833 bits per heavy atom. The molecule has 3 aliphatic rings. The first kappa shape index (κ1) is 40.9. The predicted octanol–water partition coefficient (Wildman–Crippen LogP) is 18.7. The molecule has 1 spiro atoms. The van der Waals surface area contributed by atoms with Gasteiger partial charge in [0.25, 0.3) is 0 Å². The molecule has 1 aromatic heterocycles. The molecule has 1 unspecified atom stereocenters. The molecular formula is C70H47NO. The van der Waals surface area contributed by atoms with Crippen molar-refractivity contribution in [1.82, 2.24) is 0 Å². The van der Waals surface area contributed by atoms with Gasteiger partial charge in [0.05, 0.1) is 5.41 Å². The van der Waals surface area contributed by atoms with E-state index in [9.17, 15) is 0 Å². The Labute approximate surface area is 419 Å². The molecule has 11 aromatic carbocycles. The number of benzene rings is 11. The third-order valence-electron chi connectivity index (χ3n) is 16.3. The Morgan fingerprint density at radius 1 is 0.319 bits per heavy atom. The maximum Gasteiger partial charge on any atom is 0.136 e. The second kappa shape index (κ2) is 15.3. The van der Waals surface area contributed by atoms with Crippen LogP contribution in [0.5, 0.6) is 0 Å². The van der Waals surface area contributed by atoms with Gasteiger partial charge in [-0.3, -0.25) is 0 Å². The van der Waals surface area contributed by atoms with Crippen LogP contribution in [0.1, 0.15) is 47.2 Å². The van der Waals surface area contributed by atoms with Crippen LogP contribution in [0.2, 0.25) is 0 Å².